The molecule has 4 rings (SSSR count). The smallest absolute Gasteiger partial charge is 0.307 e. The first kappa shape index (κ1) is 21.5. The summed E-state index contributed by atoms with van der Waals surface area (Å²) in [6.45, 7) is 7.34. The Morgan fingerprint density at radius 2 is 1.73 bits per heavy atom. The minimum atomic E-state index is -3.98. The first-order valence-electron chi connectivity index (χ1n) is 11.2. The number of fused-ring (bicyclic) bond motifs is 2. The molecule has 1 aliphatic heterocycles. The molecule has 0 radical (unpaired) electrons. The van der Waals surface area contributed by atoms with Gasteiger partial charge >= 0.3 is 16.2 Å². The first-order valence-corrected chi connectivity index (χ1v) is 12.6. The molecule has 1 atom stereocenters. The number of carbonyl (C=O) groups excluding carboxylic acids is 1. The van der Waals surface area contributed by atoms with E-state index in [1.165, 1.54) is 22.3 Å². The molecular weight excluding hydrogens is 402 g/mol. The fraction of sp³-hybridized carbons (Fsp3) is 0.667. The Labute approximate surface area is 179 Å². The lowest BCUT2D eigenvalue weighted by molar-refractivity contribution is 0.203. The van der Waals surface area contributed by atoms with Crippen LogP contribution < -0.4 is 14.9 Å². The minimum Gasteiger partial charge on any atom is -0.307 e. The van der Waals surface area contributed by atoms with Crippen molar-refractivity contribution in [1.82, 2.24) is 19.5 Å². The average molecular weight is 436 g/mol. The maximum Gasteiger partial charge on any atom is 0.333 e. The van der Waals surface area contributed by atoms with Crippen LogP contribution in [0.3, 0.4) is 0 Å². The molecule has 9 heteroatoms. The van der Waals surface area contributed by atoms with Crippen molar-refractivity contribution >= 4 is 21.9 Å². The SMILES string of the molecule is CCN(CC)C1CCN(NS(=O)(=O)NC(=O)Nc2c3c(cc4c2CCC4)CCC3)C1. The Bertz CT molecular complexity index is 881. The van der Waals surface area contributed by atoms with Crippen molar-refractivity contribution in [3.05, 3.63) is 28.3 Å². The summed E-state index contributed by atoms with van der Waals surface area (Å²) in [7, 11) is -3.98. The van der Waals surface area contributed by atoms with E-state index in [0.29, 0.717) is 19.1 Å². The van der Waals surface area contributed by atoms with Gasteiger partial charge in [-0.15, -0.1) is 4.83 Å². The van der Waals surface area contributed by atoms with E-state index in [4.69, 9.17) is 0 Å². The zero-order valence-corrected chi connectivity index (χ0v) is 18.8. The molecule has 1 heterocycles. The fourth-order valence-corrected chi connectivity index (χ4v) is 6.13. The van der Waals surface area contributed by atoms with E-state index in [1.807, 2.05) is 0 Å². The van der Waals surface area contributed by atoms with E-state index >= 15 is 0 Å². The number of hydrogen-bond donors (Lipinski definition) is 3. The van der Waals surface area contributed by atoms with E-state index < -0.39 is 16.2 Å². The summed E-state index contributed by atoms with van der Waals surface area (Å²) >= 11 is 0. The van der Waals surface area contributed by atoms with Gasteiger partial charge in [0.05, 0.1) is 0 Å². The van der Waals surface area contributed by atoms with Gasteiger partial charge in [0.25, 0.3) is 0 Å². The Hall–Kier alpha value is -1.68. The summed E-state index contributed by atoms with van der Waals surface area (Å²) < 4.78 is 27.2. The maximum atomic E-state index is 12.6. The van der Waals surface area contributed by atoms with Crippen LogP contribution in [0.4, 0.5) is 10.5 Å². The maximum absolute atomic E-state index is 12.6. The number of aryl methyl sites for hydroxylation is 2. The number of carbonyl (C=O) groups is 1. The Balaban J connectivity index is 1.39. The van der Waals surface area contributed by atoms with Gasteiger partial charge in [-0.25, -0.2) is 14.5 Å². The third-order valence-electron chi connectivity index (χ3n) is 6.68. The second kappa shape index (κ2) is 8.82. The summed E-state index contributed by atoms with van der Waals surface area (Å²) in [5.41, 5.74) is 5.79. The monoisotopic (exact) mass is 435 g/mol. The van der Waals surface area contributed by atoms with Crippen LogP contribution in [-0.4, -0.2) is 56.6 Å². The van der Waals surface area contributed by atoms with Gasteiger partial charge < -0.3 is 5.32 Å². The van der Waals surface area contributed by atoms with Gasteiger partial charge in [-0.05, 0) is 80.3 Å². The van der Waals surface area contributed by atoms with Crippen LogP contribution in [0, 0.1) is 0 Å². The van der Waals surface area contributed by atoms with Gasteiger partial charge in [0, 0.05) is 24.8 Å². The van der Waals surface area contributed by atoms with Crippen LogP contribution in [0.25, 0.3) is 0 Å². The number of nitrogens with zero attached hydrogens (tertiary/aromatic N) is 2. The van der Waals surface area contributed by atoms with Crippen LogP contribution >= 0.6 is 0 Å². The molecule has 30 heavy (non-hydrogen) atoms. The molecule has 1 aromatic carbocycles. The highest BCUT2D eigenvalue weighted by atomic mass is 32.2. The topological polar surface area (TPSA) is 93.8 Å². The molecule has 1 aromatic rings. The molecular formula is C21H33N5O3S. The Kier molecular flexibility index (Phi) is 6.34. The number of hydrazine groups is 1. The number of amides is 2. The Morgan fingerprint density at radius 3 is 2.33 bits per heavy atom. The number of benzene rings is 1. The molecule has 3 N–H and O–H groups in total. The van der Waals surface area contributed by atoms with Crippen LogP contribution in [0.1, 0.15) is 55.4 Å². The van der Waals surface area contributed by atoms with Gasteiger partial charge in [0.15, 0.2) is 0 Å². The normalized spacial score (nSPS) is 21.1. The predicted octanol–water partition coefficient (Wildman–Crippen LogP) is 1.95. The van der Waals surface area contributed by atoms with Gasteiger partial charge in [0.1, 0.15) is 0 Å². The van der Waals surface area contributed by atoms with Crippen molar-refractivity contribution in [2.75, 3.05) is 31.5 Å². The Morgan fingerprint density at radius 1 is 1.10 bits per heavy atom. The third kappa shape index (κ3) is 4.49. The average Bonchev–Trinajstić information content (AvgIpc) is 3.42. The molecule has 2 amide bonds. The lowest BCUT2D eigenvalue weighted by atomic mass is 9.99. The lowest BCUT2D eigenvalue weighted by Gasteiger charge is -2.26. The molecule has 0 spiro atoms. The highest BCUT2D eigenvalue weighted by molar-refractivity contribution is 7.88. The number of nitrogens with one attached hydrogen (secondary N) is 3. The molecule has 1 unspecified atom stereocenters. The quantitative estimate of drug-likeness (QED) is 0.609. The van der Waals surface area contributed by atoms with Crippen LogP contribution in [0.5, 0.6) is 0 Å². The fourth-order valence-electron chi connectivity index (χ4n) is 5.28. The second-order valence-electron chi connectivity index (χ2n) is 8.49. The molecule has 1 saturated heterocycles. The molecule has 1 fully saturated rings. The summed E-state index contributed by atoms with van der Waals surface area (Å²) in [5.74, 6) is 0. The molecule has 3 aliphatic rings. The zero-order valence-electron chi connectivity index (χ0n) is 18.0. The number of anilines is 1. The van der Waals surface area contributed by atoms with E-state index in [2.05, 4.69) is 39.7 Å². The van der Waals surface area contributed by atoms with Gasteiger partial charge in [-0.3, -0.25) is 4.90 Å². The highest BCUT2D eigenvalue weighted by Gasteiger charge is 2.30. The van der Waals surface area contributed by atoms with Crippen molar-refractivity contribution in [3.63, 3.8) is 0 Å². The van der Waals surface area contributed by atoms with Gasteiger partial charge in [-0.1, -0.05) is 19.9 Å². The summed E-state index contributed by atoms with van der Waals surface area (Å²) in [6.07, 6.45) is 6.99. The van der Waals surface area contributed by atoms with E-state index in [9.17, 15) is 13.2 Å². The van der Waals surface area contributed by atoms with Crippen LogP contribution in [0.2, 0.25) is 0 Å². The summed E-state index contributed by atoms with van der Waals surface area (Å²) in [6, 6.07) is 1.91. The molecule has 2 aliphatic carbocycles. The van der Waals surface area contributed by atoms with E-state index in [-0.39, 0.29) is 0 Å². The van der Waals surface area contributed by atoms with Crippen LogP contribution in [-0.2, 0) is 35.9 Å². The first-order chi connectivity index (χ1) is 14.4. The van der Waals surface area contributed by atoms with Gasteiger partial charge in [0.2, 0.25) is 0 Å². The number of hydrogen-bond acceptors (Lipinski definition) is 5. The standard InChI is InChI=1S/C21H33N5O3S/c1-3-25(4-2)17-11-12-26(14-17)24-30(28,29)23-21(27)22-20-18-9-5-7-15(18)13-16-8-6-10-19(16)20/h13,17,24H,3-12,14H2,1-2H3,(H2,22,23,27). The van der Waals surface area contributed by atoms with Crippen molar-refractivity contribution in [1.29, 1.82) is 0 Å². The number of urea groups is 1. The third-order valence-corrected chi connectivity index (χ3v) is 7.63. The summed E-state index contributed by atoms with van der Waals surface area (Å²) in [4.78, 5) is 17.4. The minimum absolute atomic E-state index is 0.325. The molecule has 8 nitrogen and oxygen atoms in total. The lowest BCUT2D eigenvalue weighted by Crippen LogP contribution is -2.50. The number of rotatable bonds is 7. The largest absolute Gasteiger partial charge is 0.333 e. The van der Waals surface area contributed by atoms with Crippen molar-refractivity contribution < 1.29 is 13.2 Å². The van der Waals surface area contributed by atoms with Gasteiger partial charge in [-0.2, -0.15) is 8.42 Å². The molecule has 0 bridgehead atoms. The predicted molar refractivity (Wildman–Crippen MR) is 118 cm³/mol. The van der Waals surface area contributed by atoms with Crippen molar-refractivity contribution in [3.8, 4) is 0 Å². The van der Waals surface area contributed by atoms with Crippen LogP contribution in [0.15, 0.2) is 6.07 Å². The highest BCUT2D eigenvalue weighted by Crippen LogP contribution is 2.38. The van der Waals surface area contributed by atoms with Crippen molar-refractivity contribution in [2.24, 2.45) is 0 Å². The van der Waals surface area contributed by atoms with E-state index in [1.54, 1.807) is 5.01 Å². The van der Waals surface area contributed by atoms with E-state index in [0.717, 1.165) is 63.7 Å². The molecule has 0 aromatic heterocycles. The second-order valence-corrected chi connectivity index (χ2v) is 9.89. The summed E-state index contributed by atoms with van der Waals surface area (Å²) in [5, 5.41) is 4.55. The number of likely N-dealkylation sites (N-methyl/N-ethyl adjacent to an activating group) is 1. The van der Waals surface area contributed by atoms with Crippen molar-refractivity contribution in [2.45, 2.75) is 64.8 Å². The molecule has 0 saturated carbocycles. The zero-order chi connectivity index (χ0) is 21.3. The molecule has 166 valence electrons.